The van der Waals surface area contributed by atoms with Crippen LogP contribution in [-0.4, -0.2) is 53.8 Å². The maximum absolute atomic E-state index is 12.5. The maximum atomic E-state index is 12.5. The largest absolute Gasteiger partial charge is 0.444 e. The zero-order valence-corrected chi connectivity index (χ0v) is 15.8. The van der Waals surface area contributed by atoms with E-state index in [9.17, 15) is 4.79 Å². The Morgan fingerprint density at radius 2 is 2.09 bits per heavy atom. The quantitative estimate of drug-likeness (QED) is 0.750. The SMILES string of the molecule is CSCCNC(C)CC1CCCCCN1C(=O)OC(C)(C)C. The molecule has 4 nitrogen and oxygen atoms in total. The minimum atomic E-state index is -0.420. The molecule has 0 aromatic rings. The second-order valence-corrected chi connectivity index (χ2v) is 8.25. The van der Waals surface area contributed by atoms with Gasteiger partial charge in [-0.1, -0.05) is 12.8 Å². The zero-order chi connectivity index (χ0) is 16.6. The van der Waals surface area contributed by atoms with E-state index in [-0.39, 0.29) is 6.09 Å². The summed E-state index contributed by atoms with van der Waals surface area (Å²) in [7, 11) is 0. The highest BCUT2D eigenvalue weighted by Crippen LogP contribution is 2.23. The van der Waals surface area contributed by atoms with Gasteiger partial charge < -0.3 is 15.0 Å². The Hall–Kier alpha value is -0.420. The van der Waals surface area contributed by atoms with Crippen LogP contribution in [0.3, 0.4) is 0 Å². The van der Waals surface area contributed by atoms with Crippen molar-refractivity contribution in [2.75, 3.05) is 25.1 Å². The Bertz CT molecular complexity index is 331. The molecule has 5 heteroatoms. The third-order valence-corrected chi connectivity index (χ3v) is 4.54. The Kier molecular flexibility index (Phi) is 8.62. The van der Waals surface area contributed by atoms with Crippen LogP contribution in [0.25, 0.3) is 0 Å². The minimum absolute atomic E-state index is 0.143. The molecule has 0 aliphatic carbocycles. The van der Waals surface area contributed by atoms with Gasteiger partial charge in [0.05, 0.1) is 0 Å². The van der Waals surface area contributed by atoms with Crippen LogP contribution in [0.5, 0.6) is 0 Å². The zero-order valence-electron chi connectivity index (χ0n) is 15.0. The molecule has 0 aromatic heterocycles. The van der Waals surface area contributed by atoms with Crippen molar-refractivity contribution in [2.24, 2.45) is 0 Å². The van der Waals surface area contributed by atoms with E-state index in [1.54, 1.807) is 0 Å². The van der Waals surface area contributed by atoms with Crippen LogP contribution in [-0.2, 0) is 4.74 Å². The summed E-state index contributed by atoms with van der Waals surface area (Å²) in [6, 6.07) is 0.731. The number of rotatable bonds is 6. The molecule has 0 aromatic carbocycles. The summed E-state index contributed by atoms with van der Waals surface area (Å²) < 4.78 is 5.61. The third kappa shape index (κ3) is 7.73. The average molecular weight is 331 g/mol. The number of carbonyl (C=O) groups excluding carboxylic acids is 1. The van der Waals surface area contributed by atoms with Crippen LogP contribution in [0, 0.1) is 0 Å². The molecule has 0 bridgehead atoms. The first kappa shape index (κ1) is 19.6. The van der Waals surface area contributed by atoms with Crippen molar-refractivity contribution in [3.63, 3.8) is 0 Å². The Balaban J connectivity index is 2.59. The van der Waals surface area contributed by atoms with Crippen LogP contribution >= 0.6 is 11.8 Å². The predicted octanol–water partition coefficient (Wildman–Crippen LogP) is 3.90. The molecular weight excluding hydrogens is 296 g/mol. The van der Waals surface area contributed by atoms with E-state index in [4.69, 9.17) is 4.74 Å². The number of likely N-dealkylation sites (tertiary alicyclic amines) is 1. The summed E-state index contributed by atoms with van der Waals surface area (Å²) >= 11 is 1.86. The summed E-state index contributed by atoms with van der Waals surface area (Å²) in [6.45, 7) is 9.88. The summed E-state index contributed by atoms with van der Waals surface area (Å²) in [6.07, 6.45) is 7.59. The number of nitrogens with zero attached hydrogens (tertiary/aromatic N) is 1. The van der Waals surface area contributed by atoms with Gasteiger partial charge in [0.1, 0.15) is 5.60 Å². The molecule has 130 valence electrons. The molecule has 0 spiro atoms. The van der Waals surface area contributed by atoms with E-state index >= 15 is 0 Å². The van der Waals surface area contributed by atoms with Gasteiger partial charge in [-0.25, -0.2) is 4.79 Å². The first-order chi connectivity index (χ1) is 10.3. The molecule has 1 saturated heterocycles. The lowest BCUT2D eigenvalue weighted by Crippen LogP contribution is -2.45. The van der Waals surface area contributed by atoms with E-state index < -0.39 is 5.60 Å². The Labute approximate surface area is 140 Å². The van der Waals surface area contributed by atoms with Crippen molar-refractivity contribution in [2.45, 2.75) is 77.5 Å². The van der Waals surface area contributed by atoms with Crippen LogP contribution in [0.1, 0.15) is 59.8 Å². The molecule has 1 aliphatic heterocycles. The Morgan fingerprint density at radius 1 is 1.36 bits per heavy atom. The van der Waals surface area contributed by atoms with Gasteiger partial charge in [0.2, 0.25) is 0 Å². The lowest BCUT2D eigenvalue weighted by atomic mass is 10.0. The molecule has 2 atom stereocenters. The molecule has 1 N–H and O–H groups in total. The third-order valence-electron chi connectivity index (χ3n) is 3.93. The lowest BCUT2D eigenvalue weighted by Gasteiger charge is -2.33. The number of carbonyl (C=O) groups is 1. The van der Waals surface area contributed by atoms with Gasteiger partial charge >= 0.3 is 6.09 Å². The van der Waals surface area contributed by atoms with Crippen LogP contribution in [0.4, 0.5) is 4.79 Å². The molecule has 1 amide bonds. The van der Waals surface area contributed by atoms with Crippen molar-refractivity contribution >= 4 is 17.9 Å². The van der Waals surface area contributed by atoms with Gasteiger partial charge in [-0.05, 0) is 53.2 Å². The molecule has 0 saturated carbocycles. The fourth-order valence-electron chi connectivity index (χ4n) is 2.88. The fourth-order valence-corrected chi connectivity index (χ4v) is 3.20. The van der Waals surface area contributed by atoms with Gasteiger partial charge in [-0.3, -0.25) is 0 Å². The van der Waals surface area contributed by atoms with E-state index in [1.807, 2.05) is 37.4 Å². The molecule has 22 heavy (non-hydrogen) atoms. The summed E-state index contributed by atoms with van der Waals surface area (Å²) in [4.78, 5) is 14.5. The van der Waals surface area contributed by atoms with Crippen molar-refractivity contribution in [1.82, 2.24) is 10.2 Å². The van der Waals surface area contributed by atoms with Gasteiger partial charge in [0.25, 0.3) is 0 Å². The van der Waals surface area contributed by atoms with Crippen molar-refractivity contribution in [1.29, 1.82) is 0 Å². The number of thioether (sulfide) groups is 1. The standard InChI is InChI=1S/C17H34N2O2S/c1-14(18-10-12-22-5)13-15-9-7-6-8-11-19(15)16(20)21-17(2,3)4/h14-15,18H,6-13H2,1-5H3. The maximum Gasteiger partial charge on any atom is 0.410 e. The summed E-state index contributed by atoms with van der Waals surface area (Å²) in [5.74, 6) is 1.13. The van der Waals surface area contributed by atoms with E-state index in [0.717, 1.165) is 38.1 Å². The van der Waals surface area contributed by atoms with Crippen LogP contribution in [0.2, 0.25) is 0 Å². The number of hydrogen-bond donors (Lipinski definition) is 1. The average Bonchev–Trinajstić information content (AvgIpc) is 2.62. The van der Waals surface area contributed by atoms with Crippen molar-refractivity contribution in [3.8, 4) is 0 Å². The molecule has 1 rings (SSSR count). The number of hydrogen-bond acceptors (Lipinski definition) is 4. The molecule has 1 fully saturated rings. The van der Waals surface area contributed by atoms with Gasteiger partial charge in [0, 0.05) is 30.9 Å². The van der Waals surface area contributed by atoms with Gasteiger partial charge in [-0.15, -0.1) is 0 Å². The molecule has 2 unspecified atom stereocenters. The molecule has 0 radical (unpaired) electrons. The van der Waals surface area contributed by atoms with Crippen molar-refractivity contribution < 1.29 is 9.53 Å². The van der Waals surface area contributed by atoms with E-state index in [0.29, 0.717) is 12.1 Å². The summed E-state index contributed by atoms with van der Waals surface area (Å²) in [5.41, 5.74) is -0.420. The Morgan fingerprint density at radius 3 is 2.73 bits per heavy atom. The topological polar surface area (TPSA) is 41.6 Å². The molecule has 1 heterocycles. The predicted molar refractivity (Wildman–Crippen MR) is 95.7 cm³/mol. The van der Waals surface area contributed by atoms with E-state index in [2.05, 4.69) is 18.5 Å². The second-order valence-electron chi connectivity index (χ2n) is 7.26. The highest BCUT2D eigenvalue weighted by Gasteiger charge is 2.30. The molecular formula is C17H34N2O2S. The van der Waals surface area contributed by atoms with E-state index in [1.165, 1.54) is 12.8 Å². The number of ether oxygens (including phenoxy) is 1. The van der Waals surface area contributed by atoms with Crippen LogP contribution < -0.4 is 5.32 Å². The highest BCUT2D eigenvalue weighted by atomic mass is 32.2. The van der Waals surface area contributed by atoms with Gasteiger partial charge in [0.15, 0.2) is 0 Å². The van der Waals surface area contributed by atoms with Crippen molar-refractivity contribution in [3.05, 3.63) is 0 Å². The number of amides is 1. The summed E-state index contributed by atoms with van der Waals surface area (Å²) in [5, 5.41) is 3.56. The lowest BCUT2D eigenvalue weighted by molar-refractivity contribution is 0.0150. The van der Waals surface area contributed by atoms with Gasteiger partial charge in [-0.2, -0.15) is 11.8 Å². The first-order valence-electron chi connectivity index (χ1n) is 8.55. The highest BCUT2D eigenvalue weighted by molar-refractivity contribution is 7.98. The van der Waals surface area contributed by atoms with Crippen LogP contribution in [0.15, 0.2) is 0 Å². The first-order valence-corrected chi connectivity index (χ1v) is 9.95. The smallest absolute Gasteiger partial charge is 0.410 e. The normalized spacial score (nSPS) is 21.3. The monoisotopic (exact) mass is 330 g/mol. The second kappa shape index (κ2) is 9.66. The number of nitrogens with one attached hydrogen (secondary N) is 1. The molecule has 1 aliphatic rings. The minimum Gasteiger partial charge on any atom is -0.444 e. The fraction of sp³-hybridized carbons (Fsp3) is 0.941.